The zero-order valence-electron chi connectivity index (χ0n) is 12.5. The Morgan fingerprint density at radius 1 is 1.48 bits per heavy atom. The lowest BCUT2D eigenvalue weighted by Gasteiger charge is -2.38. The largest absolute Gasteiger partial charge is 0.493 e. The summed E-state index contributed by atoms with van der Waals surface area (Å²) in [6, 6.07) is 4.80. The predicted octanol–water partition coefficient (Wildman–Crippen LogP) is 2.73. The van der Waals surface area contributed by atoms with Gasteiger partial charge in [-0.25, -0.2) is 0 Å². The average Bonchev–Trinajstić information content (AvgIpc) is 2.43. The number of nitro groups is 1. The van der Waals surface area contributed by atoms with E-state index in [0.717, 1.165) is 31.5 Å². The van der Waals surface area contributed by atoms with Crippen molar-refractivity contribution >= 4 is 11.4 Å². The molecule has 1 aliphatic heterocycles. The smallest absolute Gasteiger partial charge is 0.275 e. The minimum atomic E-state index is -0.757. The Bertz CT molecular complexity index is 516. The van der Waals surface area contributed by atoms with Crippen molar-refractivity contribution in [2.75, 3.05) is 24.6 Å². The molecular formula is C15H22N2O4. The van der Waals surface area contributed by atoms with E-state index in [-0.39, 0.29) is 5.69 Å². The third kappa shape index (κ3) is 4.07. The number of β-amino-alcohol motifs (C(OH)–C–C–N with tert-alkyl or cyclic N) is 1. The summed E-state index contributed by atoms with van der Waals surface area (Å²) >= 11 is 0. The maximum atomic E-state index is 11.1. The van der Waals surface area contributed by atoms with Crippen LogP contribution in [0.5, 0.6) is 5.75 Å². The van der Waals surface area contributed by atoms with Gasteiger partial charge in [0.25, 0.3) is 5.69 Å². The number of hydrogen-bond donors (Lipinski definition) is 1. The minimum absolute atomic E-state index is 0.0174. The topological polar surface area (TPSA) is 75.8 Å². The highest BCUT2D eigenvalue weighted by atomic mass is 16.6. The molecule has 1 heterocycles. The van der Waals surface area contributed by atoms with Crippen molar-refractivity contribution in [3.63, 3.8) is 0 Å². The van der Waals surface area contributed by atoms with Gasteiger partial charge >= 0.3 is 0 Å². The van der Waals surface area contributed by atoms with E-state index >= 15 is 0 Å². The Balaban J connectivity index is 2.28. The molecule has 1 aromatic carbocycles. The van der Waals surface area contributed by atoms with Crippen LogP contribution in [0, 0.1) is 10.1 Å². The number of non-ortho nitro benzene ring substituents is 1. The molecule has 1 fully saturated rings. The molecular weight excluding hydrogens is 272 g/mol. The number of rotatable bonds is 5. The molecule has 0 bridgehead atoms. The van der Waals surface area contributed by atoms with E-state index in [1.165, 1.54) is 6.07 Å². The maximum Gasteiger partial charge on any atom is 0.275 e. The fourth-order valence-corrected chi connectivity index (χ4v) is 2.60. The third-order valence-electron chi connectivity index (χ3n) is 3.60. The molecule has 0 spiro atoms. The highest BCUT2D eigenvalue weighted by Crippen LogP contribution is 2.32. The first-order valence-corrected chi connectivity index (χ1v) is 7.31. The lowest BCUT2D eigenvalue weighted by Crippen LogP contribution is -2.46. The number of piperidine rings is 1. The van der Waals surface area contributed by atoms with E-state index in [9.17, 15) is 15.2 Å². The number of nitrogens with zero attached hydrogens (tertiary/aromatic N) is 2. The van der Waals surface area contributed by atoms with Crippen LogP contribution in [0.15, 0.2) is 18.2 Å². The molecule has 0 saturated carbocycles. The van der Waals surface area contributed by atoms with Crippen LogP contribution in [0.25, 0.3) is 0 Å². The summed E-state index contributed by atoms with van der Waals surface area (Å²) in [6.07, 6.45) is 2.45. The van der Waals surface area contributed by atoms with Gasteiger partial charge in [0, 0.05) is 30.9 Å². The van der Waals surface area contributed by atoms with Crippen LogP contribution >= 0.6 is 0 Å². The SMILES string of the molecule is CCCOc1cc(N2CCCC(C)(O)C2)cc([N+](=O)[O-])c1. The lowest BCUT2D eigenvalue weighted by atomic mass is 9.95. The molecule has 1 atom stereocenters. The molecule has 1 aliphatic rings. The molecule has 0 amide bonds. The van der Waals surface area contributed by atoms with Gasteiger partial charge in [-0.2, -0.15) is 0 Å². The molecule has 6 nitrogen and oxygen atoms in total. The number of aliphatic hydroxyl groups is 1. The van der Waals surface area contributed by atoms with E-state index in [4.69, 9.17) is 4.74 Å². The van der Waals surface area contributed by atoms with Crippen LogP contribution in [-0.4, -0.2) is 35.3 Å². The zero-order valence-corrected chi connectivity index (χ0v) is 12.5. The molecule has 21 heavy (non-hydrogen) atoms. The summed E-state index contributed by atoms with van der Waals surface area (Å²) in [4.78, 5) is 12.6. The second kappa shape index (κ2) is 6.30. The van der Waals surface area contributed by atoms with Crippen LogP contribution in [0.2, 0.25) is 0 Å². The first kappa shape index (κ1) is 15.6. The van der Waals surface area contributed by atoms with Crippen molar-refractivity contribution in [3.8, 4) is 5.75 Å². The summed E-state index contributed by atoms with van der Waals surface area (Å²) in [5.74, 6) is 0.506. The second-order valence-corrected chi connectivity index (χ2v) is 5.81. The van der Waals surface area contributed by atoms with Gasteiger partial charge in [0.05, 0.1) is 23.2 Å². The highest BCUT2D eigenvalue weighted by Gasteiger charge is 2.29. The number of hydrogen-bond acceptors (Lipinski definition) is 5. The number of benzene rings is 1. The predicted molar refractivity (Wildman–Crippen MR) is 81.0 cm³/mol. The number of ether oxygens (including phenoxy) is 1. The molecule has 1 saturated heterocycles. The summed E-state index contributed by atoms with van der Waals surface area (Å²) < 4.78 is 5.54. The number of anilines is 1. The van der Waals surface area contributed by atoms with E-state index < -0.39 is 10.5 Å². The summed E-state index contributed by atoms with van der Waals surface area (Å²) in [7, 11) is 0. The van der Waals surface area contributed by atoms with Crippen molar-refractivity contribution in [1.29, 1.82) is 0 Å². The monoisotopic (exact) mass is 294 g/mol. The summed E-state index contributed by atoms with van der Waals surface area (Å²) in [5.41, 5.74) is -0.00747. The van der Waals surface area contributed by atoms with Gasteiger partial charge in [-0.05, 0) is 26.2 Å². The number of nitro benzene ring substituents is 1. The maximum absolute atomic E-state index is 11.1. The highest BCUT2D eigenvalue weighted by molar-refractivity contribution is 5.58. The van der Waals surface area contributed by atoms with Crippen molar-refractivity contribution in [2.45, 2.75) is 38.7 Å². The molecule has 0 aliphatic carbocycles. The van der Waals surface area contributed by atoms with Crippen molar-refractivity contribution in [2.24, 2.45) is 0 Å². The van der Waals surface area contributed by atoms with Gasteiger partial charge in [-0.1, -0.05) is 6.92 Å². The van der Waals surface area contributed by atoms with Crippen molar-refractivity contribution in [3.05, 3.63) is 28.3 Å². The molecule has 116 valence electrons. The van der Waals surface area contributed by atoms with Crippen molar-refractivity contribution in [1.82, 2.24) is 0 Å². The minimum Gasteiger partial charge on any atom is -0.493 e. The van der Waals surface area contributed by atoms with Gasteiger partial charge in [0.2, 0.25) is 0 Å². The second-order valence-electron chi connectivity index (χ2n) is 5.81. The van der Waals surface area contributed by atoms with E-state index in [0.29, 0.717) is 18.9 Å². The standard InChI is InChI=1S/C15H22N2O4/c1-3-7-21-14-9-12(8-13(10-14)17(19)20)16-6-4-5-15(2,18)11-16/h8-10,18H,3-7,11H2,1-2H3. The fourth-order valence-electron chi connectivity index (χ4n) is 2.60. The normalized spacial score (nSPS) is 22.1. The first-order valence-electron chi connectivity index (χ1n) is 7.31. The molecule has 0 radical (unpaired) electrons. The van der Waals surface area contributed by atoms with Gasteiger partial charge in [0.1, 0.15) is 5.75 Å². The lowest BCUT2D eigenvalue weighted by molar-refractivity contribution is -0.384. The van der Waals surface area contributed by atoms with Crippen LogP contribution in [-0.2, 0) is 0 Å². The molecule has 1 N–H and O–H groups in total. The van der Waals surface area contributed by atoms with E-state index in [2.05, 4.69) is 0 Å². The Morgan fingerprint density at radius 3 is 2.86 bits per heavy atom. The van der Waals surface area contributed by atoms with Crippen LogP contribution in [0.1, 0.15) is 33.1 Å². The van der Waals surface area contributed by atoms with E-state index in [1.807, 2.05) is 17.9 Å². The quantitative estimate of drug-likeness (QED) is 0.667. The molecule has 1 unspecified atom stereocenters. The molecule has 2 rings (SSSR count). The van der Waals surface area contributed by atoms with E-state index in [1.54, 1.807) is 13.0 Å². The Labute approximate surface area is 124 Å². The third-order valence-corrected chi connectivity index (χ3v) is 3.60. The zero-order chi connectivity index (χ0) is 15.5. The van der Waals surface area contributed by atoms with Gasteiger partial charge in [-0.15, -0.1) is 0 Å². The van der Waals surface area contributed by atoms with Crippen LogP contribution < -0.4 is 9.64 Å². The van der Waals surface area contributed by atoms with Gasteiger partial charge in [-0.3, -0.25) is 10.1 Å². The Hall–Kier alpha value is -1.82. The first-order chi connectivity index (χ1) is 9.91. The Morgan fingerprint density at radius 2 is 2.24 bits per heavy atom. The van der Waals surface area contributed by atoms with Gasteiger partial charge in [0.15, 0.2) is 0 Å². The molecule has 0 aromatic heterocycles. The average molecular weight is 294 g/mol. The summed E-state index contributed by atoms with van der Waals surface area (Å²) in [5, 5.41) is 21.3. The van der Waals surface area contributed by atoms with Crippen LogP contribution in [0.3, 0.4) is 0 Å². The summed E-state index contributed by atoms with van der Waals surface area (Å²) in [6.45, 7) is 5.56. The van der Waals surface area contributed by atoms with Gasteiger partial charge < -0.3 is 14.7 Å². The Kier molecular flexibility index (Phi) is 4.67. The molecule has 1 aromatic rings. The fraction of sp³-hybridized carbons (Fsp3) is 0.600. The molecule has 6 heteroatoms. The van der Waals surface area contributed by atoms with Crippen molar-refractivity contribution < 1.29 is 14.8 Å². The van der Waals surface area contributed by atoms with Crippen LogP contribution in [0.4, 0.5) is 11.4 Å².